The molecule has 5 heteroatoms. The lowest BCUT2D eigenvalue weighted by molar-refractivity contribution is 0.106. The molecule has 1 aromatic carbocycles. The largest absolute Gasteiger partial charge is 0.492 e. The number of nitrogens with two attached hydrogens (primary N) is 1. The molecule has 0 aliphatic rings. The number of rotatable bonds is 9. The summed E-state index contributed by atoms with van der Waals surface area (Å²) in [4.78, 5) is 0. The van der Waals surface area contributed by atoms with Gasteiger partial charge in [-0.3, -0.25) is 0 Å². The molecule has 1 aromatic rings. The standard InChI is InChI=1S/C12H18ClNO3/c13-5-7-16-11-1-3-12(4-2-11)17-10-9-15-8-6-14/h1-4H,5-10,14H2. The van der Waals surface area contributed by atoms with E-state index in [0.29, 0.717) is 38.9 Å². The summed E-state index contributed by atoms with van der Waals surface area (Å²) in [6, 6.07) is 7.41. The van der Waals surface area contributed by atoms with Gasteiger partial charge in [0.15, 0.2) is 0 Å². The van der Waals surface area contributed by atoms with Gasteiger partial charge in [-0.15, -0.1) is 11.6 Å². The van der Waals surface area contributed by atoms with Gasteiger partial charge >= 0.3 is 0 Å². The van der Waals surface area contributed by atoms with Crippen molar-refractivity contribution in [2.45, 2.75) is 0 Å². The minimum atomic E-state index is 0.483. The van der Waals surface area contributed by atoms with Crippen molar-refractivity contribution in [3.05, 3.63) is 24.3 Å². The van der Waals surface area contributed by atoms with E-state index < -0.39 is 0 Å². The molecule has 0 spiro atoms. The van der Waals surface area contributed by atoms with Crippen LogP contribution in [0.1, 0.15) is 0 Å². The third-order valence-corrected chi connectivity index (χ3v) is 2.08. The summed E-state index contributed by atoms with van der Waals surface area (Å²) in [6.45, 7) is 2.67. The maximum Gasteiger partial charge on any atom is 0.119 e. The molecule has 0 amide bonds. The second kappa shape index (κ2) is 9.10. The van der Waals surface area contributed by atoms with Crippen molar-refractivity contribution in [2.75, 3.05) is 38.9 Å². The van der Waals surface area contributed by atoms with Crippen LogP contribution >= 0.6 is 11.6 Å². The van der Waals surface area contributed by atoms with Crippen LogP contribution in [-0.4, -0.2) is 38.9 Å². The van der Waals surface area contributed by atoms with Crippen LogP contribution in [0.4, 0.5) is 0 Å². The minimum absolute atomic E-state index is 0.483. The molecule has 0 radical (unpaired) electrons. The van der Waals surface area contributed by atoms with Crippen molar-refractivity contribution >= 4 is 11.6 Å². The fourth-order valence-electron chi connectivity index (χ4n) is 1.19. The second-order valence-electron chi connectivity index (χ2n) is 3.26. The molecule has 4 nitrogen and oxygen atoms in total. The van der Waals surface area contributed by atoms with E-state index in [2.05, 4.69) is 0 Å². The van der Waals surface area contributed by atoms with E-state index in [9.17, 15) is 0 Å². The first kappa shape index (κ1) is 14.1. The van der Waals surface area contributed by atoms with Gasteiger partial charge in [-0.25, -0.2) is 0 Å². The number of hydrogen-bond acceptors (Lipinski definition) is 4. The van der Waals surface area contributed by atoms with Crippen molar-refractivity contribution in [2.24, 2.45) is 5.73 Å². The maximum absolute atomic E-state index is 5.52. The molecular formula is C12H18ClNO3. The van der Waals surface area contributed by atoms with Crippen LogP contribution < -0.4 is 15.2 Å². The Morgan fingerprint density at radius 3 is 2.00 bits per heavy atom. The van der Waals surface area contributed by atoms with E-state index in [1.165, 1.54) is 0 Å². The molecule has 2 N–H and O–H groups in total. The van der Waals surface area contributed by atoms with Crippen LogP contribution in [0.2, 0.25) is 0 Å². The average molecular weight is 260 g/mol. The zero-order valence-electron chi connectivity index (χ0n) is 9.73. The van der Waals surface area contributed by atoms with E-state index in [1.54, 1.807) is 0 Å². The number of hydrogen-bond donors (Lipinski definition) is 1. The maximum atomic E-state index is 5.52. The van der Waals surface area contributed by atoms with Crippen molar-refractivity contribution in [1.29, 1.82) is 0 Å². The molecular weight excluding hydrogens is 242 g/mol. The van der Waals surface area contributed by atoms with Gasteiger partial charge in [0.1, 0.15) is 24.7 Å². The van der Waals surface area contributed by atoms with Gasteiger partial charge in [0.2, 0.25) is 0 Å². The highest BCUT2D eigenvalue weighted by molar-refractivity contribution is 6.17. The molecule has 17 heavy (non-hydrogen) atoms. The summed E-state index contributed by atoms with van der Waals surface area (Å²) in [7, 11) is 0. The topological polar surface area (TPSA) is 53.7 Å². The normalized spacial score (nSPS) is 10.2. The van der Waals surface area contributed by atoms with E-state index in [0.717, 1.165) is 11.5 Å². The van der Waals surface area contributed by atoms with Gasteiger partial charge in [-0.2, -0.15) is 0 Å². The van der Waals surface area contributed by atoms with Gasteiger partial charge in [-0.05, 0) is 24.3 Å². The van der Waals surface area contributed by atoms with Crippen LogP contribution in [-0.2, 0) is 4.74 Å². The van der Waals surface area contributed by atoms with Crippen LogP contribution in [0.5, 0.6) is 11.5 Å². The molecule has 0 aliphatic heterocycles. The molecule has 0 unspecified atom stereocenters. The van der Waals surface area contributed by atoms with Gasteiger partial charge in [0.05, 0.1) is 19.1 Å². The summed E-state index contributed by atoms with van der Waals surface area (Å²) < 4.78 is 16.0. The molecule has 0 aliphatic carbocycles. The highest BCUT2D eigenvalue weighted by Crippen LogP contribution is 2.17. The Hall–Kier alpha value is -0.970. The van der Waals surface area contributed by atoms with Crippen molar-refractivity contribution in [3.8, 4) is 11.5 Å². The van der Waals surface area contributed by atoms with Crippen LogP contribution in [0, 0.1) is 0 Å². The monoisotopic (exact) mass is 259 g/mol. The van der Waals surface area contributed by atoms with E-state index in [1.807, 2.05) is 24.3 Å². The number of halogens is 1. The van der Waals surface area contributed by atoms with Gasteiger partial charge in [-0.1, -0.05) is 0 Å². The summed E-state index contributed by atoms with van der Waals surface area (Å²) in [5.41, 5.74) is 5.29. The van der Waals surface area contributed by atoms with Crippen LogP contribution in [0.25, 0.3) is 0 Å². The predicted molar refractivity (Wildman–Crippen MR) is 68.0 cm³/mol. The van der Waals surface area contributed by atoms with Crippen molar-refractivity contribution < 1.29 is 14.2 Å². The molecule has 0 heterocycles. The Labute approximate surface area is 107 Å². The third-order valence-electron chi connectivity index (χ3n) is 1.93. The summed E-state index contributed by atoms with van der Waals surface area (Å²) >= 11 is 5.52. The molecule has 0 aromatic heterocycles. The molecule has 0 fully saturated rings. The van der Waals surface area contributed by atoms with E-state index in [4.69, 9.17) is 31.5 Å². The summed E-state index contributed by atoms with van der Waals surface area (Å²) in [6.07, 6.45) is 0. The third kappa shape index (κ3) is 6.36. The highest BCUT2D eigenvalue weighted by Gasteiger charge is 1.96. The van der Waals surface area contributed by atoms with Crippen molar-refractivity contribution in [3.63, 3.8) is 0 Å². The Kier molecular flexibility index (Phi) is 7.54. The summed E-state index contributed by atoms with van der Waals surface area (Å²) in [5.74, 6) is 2.06. The fraction of sp³-hybridized carbons (Fsp3) is 0.500. The molecule has 1 rings (SSSR count). The van der Waals surface area contributed by atoms with E-state index >= 15 is 0 Å². The Morgan fingerprint density at radius 2 is 1.47 bits per heavy atom. The number of alkyl halides is 1. The Bertz CT molecular complexity index is 292. The lowest BCUT2D eigenvalue weighted by Gasteiger charge is -2.08. The lowest BCUT2D eigenvalue weighted by Crippen LogP contribution is -2.13. The number of benzene rings is 1. The first-order valence-electron chi connectivity index (χ1n) is 5.56. The smallest absolute Gasteiger partial charge is 0.119 e. The molecule has 96 valence electrons. The average Bonchev–Trinajstić information content (AvgIpc) is 2.37. The van der Waals surface area contributed by atoms with Gasteiger partial charge in [0.25, 0.3) is 0 Å². The van der Waals surface area contributed by atoms with Crippen molar-refractivity contribution in [1.82, 2.24) is 0 Å². The fourth-order valence-corrected chi connectivity index (χ4v) is 1.27. The molecule has 0 atom stereocenters. The molecule has 0 saturated heterocycles. The molecule has 0 bridgehead atoms. The quantitative estimate of drug-likeness (QED) is 0.541. The highest BCUT2D eigenvalue weighted by atomic mass is 35.5. The second-order valence-corrected chi connectivity index (χ2v) is 3.64. The van der Waals surface area contributed by atoms with E-state index in [-0.39, 0.29) is 0 Å². The SMILES string of the molecule is NCCOCCOc1ccc(OCCCl)cc1. The zero-order valence-corrected chi connectivity index (χ0v) is 10.5. The lowest BCUT2D eigenvalue weighted by atomic mass is 10.3. The Morgan fingerprint density at radius 1 is 0.882 bits per heavy atom. The predicted octanol–water partition coefficient (Wildman–Crippen LogP) is 1.66. The number of ether oxygens (including phenoxy) is 3. The summed E-state index contributed by atoms with van der Waals surface area (Å²) in [5, 5.41) is 0. The van der Waals surface area contributed by atoms with Crippen LogP contribution in [0.15, 0.2) is 24.3 Å². The first-order chi connectivity index (χ1) is 8.36. The molecule has 0 saturated carbocycles. The Balaban J connectivity index is 2.20. The minimum Gasteiger partial charge on any atom is -0.492 e. The first-order valence-corrected chi connectivity index (χ1v) is 6.09. The van der Waals surface area contributed by atoms with Crippen LogP contribution in [0.3, 0.4) is 0 Å². The van der Waals surface area contributed by atoms with Gasteiger partial charge < -0.3 is 19.9 Å². The van der Waals surface area contributed by atoms with Gasteiger partial charge in [0, 0.05) is 6.54 Å². The zero-order chi connectivity index (χ0) is 12.3.